The van der Waals surface area contributed by atoms with E-state index in [1.165, 1.54) is 22.3 Å². The third-order valence-corrected chi connectivity index (χ3v) is 4.25. The quantitative estimate of drug-likeness (QED) is 0.796. The third-order valence-electron chi connectivity index (χ3n) is 4.25. The van der Waals surface area contributed by atoms with E-state index in [1.54, 1.807) is 0 Å². The highest BCUT2D eigenvalue weighted by atomic mass is 14.6. The predicted octanol–water partition coefficient (Wildman–Crippen LogP) is 5.17. The molecule has 0 unspecified atom stereocenters. The average Bonchev–Trinajstić information content (AvgIpc) is 2.89. The summed E-state index contributed by atoms with van der Waals surface area (Å²) in [5, 5.41) is 0. The van der Waals surface area contributed by atoms with Gasteiger partial charge in [-0.1, -0.05) is 78.0 Å². The lowest BCUT2D eigenvalue weighted by molar-refractivity contribution is 0.565. The monoisotopic (exact) mass is 283 g/mol. The van der Waals surface area contributed by atoms with E-state index >= 15 is 0 Å². The van der Waals surface area contributed by atoms with Crippen LogP contribution < -0.4 is 5.73 Å². The Morgan fingerprint density at radius 3 is 1.81 bits per heavy atom. The maximum atomic E-state index is 6.52. The SMILES string of the molecule is CC(C)(C)c1cc([C@@H](N)C2=CC=CC2)cc(C(C)(C)C)c1. The summed E-state index contributed by atoms with van der Waals surface area (Å²) in [6, 6.07) is 6.93. The summed E-state index contributed by atoms with van der Waals surface area (Å²) in [7, 11) is 0. The fourth-order valence-electron chi connectivity index (χ4n) is 2.61. The molecule has 0 bridgehead atoms. The van der Waals surface area contributed by atoms with Crippen molar-refractivity contribution in [3.8, 4) is 0 Å². The Morgan fingerprint density at radius 1 is 0.905 bits per heavy atom. The molecule has 1 aliphatic carbocycles. The first-order valence-corrected chi connectivity index (χ1v) is 7.86. The smallest absolute Gasteiger partial charge is 0.0517 e. The second kappa shape index (κ2) is 5.46. The largest absolute Gasteiger partial charge is 0.321 e. The van der Waals surface area contributed by atoms with Crippen molar-refractivity contribution in [3.63, 3.8) is 0 Å². The van der Waals surface area contributed by atoms with Crippen LogP contribution in [0.15, 0.2) is 42.0 Å². The van der Waals surface area contributed by atoms with Gasteiger partial charge in [0.25, 0.3) is 0 Å². The Hall–Kier alpha value is -1.34. The second-order valence-electron chi connectivity index (χ2n) is 8.20. The average molecular weight is 283 g/mol. The maximum Gasteiger partial charge on any atom is 0.0517 e. The Labute approximate surface area is 129 Å². The number of allylic oxidation sites excluding steroid dienone is 3. The molecule has 0 fully saturated rings. The fourth-order valence-corrected chi connectivity index (χ4v) is 2.61. The van der Waals surface area contributed by atoms with Gasteiger partial charge in [-0.15, -0.1) is 0 Å². The van der Waals surface area contributed by atoms with Crippen molar-refractivity contribution < 1.29 is 0 Å². The molecule has 0 heterocycles. The van der Waals surface area contributed by atoms with Crippen LogP contribution in [-0.2, 0) is 10.8 Å². The van der Waals surface area contributed by atoms with Crippen LogP contribution in [-0.4, -0.2) is 0 Å². The molecule has 21 heavy (non-hydrogen) atoms. The van der Waals surface area contributed by atoms with Crippen molar-refractivity contribution in [3.05, 3.63) is 58.7 Å². The molecule has 1 aliphatic rings. The summed E-state index contributed by atoms with van der Waals surface area (Å²) in [6.45, 7) is 13.6. The highest BCUT2D eigenvalue weighted by molar-refractivity contribution is 5.42. The Kier molecular flexibility index (Phi) is 4.17. The van der Waals surface area contributed by atoms with Crippen LogP contribution in [0.2, 0.25) is 0 Å². The minimum atomic E-state index is 0.00315. The van der Waals surface area contributed by atoms with E-state index in [2.05, 4.69) is 78.0 Å². The van der Waals surface area contributed by atoms with Gasteiger partial charge in [0.05, 0.1) is 6.04 Å². The van der Waals surface area contributed by atoms with Crippen LogP contribution >= 0.6 is 0 Å². The zero-order valence-electron chi connectivity index (χ0n) is 14.3. The van der Waals surface area contributed by atoms with Crippen LogP contribution in [0.3, 0.4) is 0 Å². The number of nitrogens with two attached hydrogens (primary N) is 1. The van der Waals surface area contributed by atoms with Gasteiger partial charge in [0.1, 0.15) is 0 Å². The van der Waals surface area contributed by atoms with Gasteiger partial charge in [-0.2, -0.15) is 0 Å². The van der Waals surface area contributed by atoms with Crippen LogP contribution in [0.5, 0.6) is 0 Å². The Bertz CT molecular complexity index is 545. The molecule has 1 aromatic carbocycles. The van der Waals surface area contributed by atoms with Crippen molar-refractivity contribution in [1.82, 2.24) is 0 Å². The van der Waals surface area contributed by atoms with E-state index in [-0.39, 0.29) is 16.9 Å². The lowest BCUT2D eigenvalue weighted by Gasteiger charge is -2.27. The van der Waals surface area contributed by atoms with Crippen LogP contribution in [0, 0.1) is 0 Å². The van der Waals surface area contributed by atoms with Crippen LogP contribution in [0.4, 0.5) is 0 Å². The molecule has 1 aromatic rings. The van der Waals surface area contributed by atoms with Crippen molar-refractivity contribution in [2.24, 2.45) is 5.73 Å². The highest BCUT2D eigenvalue weighted by Gasteiger charge is 2.23. The lowest BCUT2D eigenvalue weighted by Crippen LogP contribution is -2.20. The molecule has 114 valence electrons. The molecule has 0 amide bonds. The zero-order valence-corrected chi connectivity index (χ0v) is 14.3. The van der Waals surface area contributed by atoms with Gasteiger partial charge in [-0.05, 0) is 39.5 Å². The summed E-state index contributed by atoms with van der Waals surface area (Å²) < 4.78 is 0. The summed E-state index contributed by atoms with van der Waals surface area (Å²) in [4.78, 5) is 0. The van der Waals surface area contributed by atoms with E-state index in [0.717, 1.165) is 6.42 Å². The molecular weight excluding hydrogens is 254 g/mol. The topological polar surface area (TPSA) is 26.0 Å². The molecule has 2 N–H and O–H groups in total. The molecule has 1 atom stereocenters. The van der Waals surface area contributed by atoms with Crippen LogP contribution in [0.1, 0.15) is 70.7 Å². The Balaban J connectivity index is 2.50. The summed E-state index contributed by atoms with van der Waals surface area (Å²) in [6.07, 6.45) is 7.41. The lowest BCUT2D eigenvalue weighted by atomic mass is 9.78. The number of rotatable bonds is 2. The first-order valence-electron chi connectivity index (χ1n) is 7.86. The zero-order chi connectivity index (χ0) is 15.8. The van der Waals surface area contributed by atoms with Gasteiger partial charge in [0.2, 0.25) is 0 Å². The fraction of sp³-hybridized carbons (Fsp3) is 0.500. The van der Waals surface area contributed by atoms with Crippen molar-refractivity contribution in [1.29, 1.82) is 0 Å². The molecule has 0 spiro atoms. The highest BCUT2D eigenvalue weighted by Crippen LogP contribution is 2.34. The van der Waals surface area contributed by atoms with Gasteiger partial charge in [-0.25, -0.2) is 0 Å². The van der Waals surface area contributed by atoms with E-state index in [9.17, 15) is 0 Å². The molecule has 2 rings (SSSR count). The minimum Gasteiger partial charge on any atom is -0.321 e. The predicted molar refractivity (Wildman–Crippen MR) is 92.6 cm³/mol. The summed E-state index contributed by atoms with van der Waals surface area (Å²) in [5.74, 6) is 0. The molecule has 1 heteroatoms. The van der Waals surface area contributed by atoms with E-state index in [0.29, 0.717) is 0 Å². The first kappa shape index (κ1) is 16.0. The van der Waals surface area contributed by atoms with Crippen molar-refractivity contribution in [2.45, 2.75) is 64.8 Å². The minimum absolute atomic E-state index is 0.00315. The second-order valence-corrected chi connectivity index (χ2v) is 8.20. The van der Waals surface area contributed by atoms with E-state index in [1.807, 2.05) is 0 Å². The van der Waals surface area contributed by atoms with Gasteiger partial charge in [0.15, 0.2) is 0 Å². The first-order chi connectivity index (χ1) is 9.59. The maximum absolute atomic E-state index is 6.52. The standard InChI is InChI=1S/C20H29N/c1-19(2,3)16-11-15(12-17(13-16)20(4,5)6)18(21)14-9-7-8-10-14/h7-9,11-13,18H,10,21H2,1-6H3/t18-/m0/s1. The van der Waals surface area contributed by atoms with Gasteiger partial charge in [-0.3, -0.25) is 0 Å². The molecule has 0 saturated heterocycles. The van der Waals surface area contributed by atoms with Gasteiger partial charge >= 0.3 is 0 Å². The molecule has 0 radical (unpaired) electrons. The molecule has 1 nitrogen and oxygen atoms in total. The van der Waals surface area contributed by atoms with E-state index in [4.69, 9.17) is 5.73 Å². The van der Waals surface area contributed by atoms with Gasteiger partial charge in [0, 0.05) is 0 Å². The molecule has 0 aliphatic heterocycles. The molecule has 0 saturated carbocycles. The number of hydrogen-bond acceptors (Lipinski definition) is 1. The third kappa shape index (κ3) is 3.65. The molecular formula is C20H29N. The Morgan fingerprint density at radius 2 is 1.43 bits per heavy atom. The van der Waals surface area contributed by atoms with Gasteiger partial charge < -0.3 is 5.73 Å². The van der Waals surface area contributed by atoms with E-state index < -0.39 is 0 Å². The summed E-state index contributed by atoms with van der Waals surface area (Å²) >= 11 is 0. The van der Waals surface area contributed by atoms with Crippen molar-refractivity contribution >= 4 is 0 Å². The normalized spacial score (nSPS) is 17.0. The van der Waals surface area contributed by atoms with Crippen molar-refractivity contribution in [2.75, 3.05) is 0 Å². The number of hydrogen-bond donors (Lipinski definition) is 1. The van der Waals surface area contributed by atoms with Crippen LogP contribution in [0.25, 0.3) is 0 Å². The molecule has 0 aromatic heterocycles. The number of benzene rings is 1. The summed E-state index contributed by atoms with van der Waals surface area (Å²) in [5.41, 5.74) is 12.1.